The number of aromatic nitrogens is 1. The van der Waals surface area contributed by atoms with E-state index in [1.807, 2.05) is 47.4 Å². The highest BCUT2D eigenvalue weighted by molar-refractivity contribution is 5.86. The standard InChI is InChI=1S/C25H25N3O3/c29-21-14-16-10-11-20(28(30)31)22(15-6-2-1-3-7-15)23(16)25-24-18(12-13-27(21)25)17-8-4-5-9-19(17)26-24/h1-9,16,20,22-23,25-26H,10-14H2/t16-,20+,22-,23-,25+/m0/s1. The first-order chi connectivity index (χ1) is 15.1. The maximum Gasteiger partial charge on any atom is 0.223 e. The molecule has 1 saturated heterocycles. The van der Waals surface area contributed by atoms with E-state index in [9.17, 15) is 14.9 Å². The molecule has 1 aromatic heterocycles. The number of carbonyl (C=O) groups excluding carboxylic acids is 1. The summed E-state index contributed by atoms with van der Waals surface area (Å²) < 4.78 is 0. The lowest BCUT2D eigenvalue weighted by Crippen LogP contribution is -2.55. The van der Waals surface area contributed by atoms with Crippen molar-refractivity contribution in [2.75, 3.05) is 6.54 Å². The highest BCUT2D eigenvalue weighted by atomic mass is 16.6. The average Bonchev–Trinajstić information content (AvgIpc) is 3.17. The zero-order chi connectivity index (χ0) is 21.1. The van der Waals surface area contributed by atoms with Crippen molar-refractivity contribution < 1.29 is 9.72 Å². The SMILES string of the molecule is O=C1C[C@@H]2CC[C@@H]([N+](=O)[O-])[C@H](c3ccccc3)[C@H]2[C@@H]2c3[nH]c4ccccc4c3CCN12. The second-order valence-electron chi connectivity index (χ2n) is 9.25. The van der Waals surface area contributed by atoms with Gasteiger partial charge in [0, 0.05) is 46.8 Å². The zero-order valence-electron chi connectivity index (χ0n) is 17.2. The van der Waals surface area contributed by atoms with Crippen LogP contribution in [0, 0.1) is 22.0 Å². The van der Waals surface area contributed by atoms with Crippen molar-refractivity contribution in [1.29, 1.82) is 0 Å². The van der Waals surface area contributed by atoms with Crippen LogP contribution in [0.1, 0.15) is 48.0 Å². The Kier molecular flexibility index (Phi) is 4.16. The van der Waals surface area contributed by atoms with E-state index in [-0.39, 0.29) is 34.6 Å². The zero-order valence-corrected chi connectivity index (χ0v) is 17.2. The fraction of sp³-hybridized carbons (Fsp3) is 0.400. The van der Waals surface area contributed by atoms with E-state index in [0.29, 0.717) is 19.4 Å². The summed E-state index contributed by atoms with van der Waals surface area (Å²) in [5.74, 6) is 0.207. The number of hydrogen-bond donors (Lipinski definition) is 1. The van der Waals surface area contributed by atoms with E-state index in [4.69, 9.17) is 0 Å². The van der Waals surface area contributed by atoms with Gasteiger partial charge in [-0.2, -0.15) is 0 Å². The number of carbonyl (C=O) groups is 1. The van der Waals surface area contributed by atoms with Crippen LogP contribution in [-0.2, 0) is 11.2 Å². The van der Waals surface area contributed by atoms with Gasteiger partial charge in [-0.1, -0.05) is 48.5 Å². The number of amides is 1. The molecule has 31 heavy (non-hydrogen) atoms. The monoisotopic (exact) mass is 415 g/mol. The smallest absolute Gasteiger partial charge is 0.223 e. The Morgan fingerprint density at radius 3 is 2.61 bits per heavy atom. The highest BCUT2D eigenvalue weighted by Crippen LogP contribution is 2.55. The Balaban J connectivity index is 1.55. The number of nitrogens with zero attached hydrogens (tertiary/aromatic N) is 2. The second-order valence-corrected chi connectivity index (χ2v) is 9.25. The molecule has 5 atom stereocenters. The van der Waals surface area contributed by atoms with Crippen molar-refractivity contribution >= 4 is 16.8 Å². The molecule has 1 N–H and O–H groups in total. The quantitative estimate of drug-likeness (QED) is 0.496. The number of nitro groups is 1. The first-order valence-electron chi connectivity index (χ1n) is 11.2. The summed E-state index contributed by atoms with van der Waals surface area (Å²) in [5.41, 5.74) is 4.49. The molecule has 3 aliphatic rings. The van der Waals surface area contributed by atoms with Crippen molar-refractivity contribution in [2.45, 2.75) is 43.7 Å². The summed E-state index contributed by atoms with van der Waals surface area (Å²) in [7, 11) is 0. The maximum atomic E-state index is 13.1. The van der Waals surface area contributed by atoms with Crippen molar-refractivity contribution in [1.82, 2.24) is 9.88 Å². The molecular weight excluding hydrogens is 390 g/mol. The molecule has 2 aliphatic heterocycles. The van der Waals surface area contributed by atoms with Gasteiger partial charge >= 0.3 is 0 Å². The van der Waals surface area contributed by atoms with Gasteiger partial charge in [-0.3, -0.25) is 14.9 Å². The first-order valence-corrected chi connectivity index (χ1v) is 11.2. The van der Waals surface area contributed by atoms with Crippen LogP contribution in [0.25, 0.3) is 10.9 Å². The topological polar surface area (TPSA) is 79.2 Å². The number of para-hydroxylation sites is 1. The molecule has 1 aliphatic carbocycles. The number of nitrogens with one attached hydrogen (secondary N) is 1. The normalized spacial score (nSPS) is 29.9. The lowest BCUT2D eigenvalue weighted by Gasteiger charge is -2.52. The molecule has 1 amide bonds. The fourth-order valence-corrected chi connectivity index (χ4v) is 6.65. The minimum absolute atomic E-state index is 0.0383. The Morgan fingerprint density at radius 1 is 1.03 bits per heavy atom. The highest BCUT2D eigenvalue weighted by Gasteiger charge is 2.55. The number of rotatable bonds is 2. The predicted octanol–water partition coefficient (Wildman–Crippen LogP) is 4.45. The summed E-state index contributed by atoms with van der Waals surface area (Å²) >= 11 is 0. The summed E-state index contributed by atoms with van der Waals surface area (Å²) in [6.07, 6.45) is 2.61. The summed E-state index contributed by atoms with van der Waals surface area (Å²) in [6, 6.07) is 17.5. The Bertz CT molecular complexity index is 1170. The Labute approximate surface area is 180 Å². The molecule has 1 saturated carbocycles. The molecule has 6 heteroatoms. The third kappa shape index (κ3) is 2.74. The van der Waals surface area contributed by atoms with Gasteiger partial charge in [0.2, 0.25) is 11.9 Å². The van der Waals surface area contributed by atoms with Crippen molar-refractivity contribution in [3.05, 3.63) is 81.5 Å². The number of hydrogen-bond acceptors (Lipinski definition) is 3. The van der Waals surface area contributed by atoms with Crippen LogP contribution < -0.4 is 0 Å². The Hall–Kier alpha value is -3.15. The number of piperidine rings is 1. The van der Waals surface area contributed by atoms with Crippen LogP contribution in [0.2, 0.25) is 0 Å². The van der Waals surface area contributed by atoms with Gasteiger partial charge in [-0.25, -0.2) is 0 Å². The van der Waals surface area contributed by atoms with Crippen LogP contribution >= 0.6 is 0 Å². The van der Waals surface area contributed by atoms with Crippen LogP contribution in [0.4, 0.5) is 0 Å². The first kappa shape index (κ1) is 18.6. The Morgan fingerprint density at radius 2 is 1.81 bits per heavy atom. The van der Waals surface area contributed by atoms with Gasteiger partial charge < -0.3 is 9.88 Å². The summed E-state index contributed by atoms with van der Waals surface area (Å²) in [4.78, 5) is 30.8. The van der Waals surface area contributed by atoms with Gasteiger partial charge in [0.05, 0.1) is 12.0 Å². The van der Waals surface area contributed by atoms with E-state index < -0.39 is 6.04 Å². The molecule has 2 aromatic carbocycles. The van der Waals surface area contributed by atoms with E-state index in [1.165, 1.54) is 10.9 Å². The lowest BCUT2D eigenvalue weighted by molar-refractivity contribution is -0.533. The number of benzene rings is 2. The van der Waals surface area contributed by atoms with Crippen molar-refractivity contribution in [3.8, 4) is 0 Å². The van der Waals surface area contributed by atoms with Gasteiger partial charge in [0.15, 0.2) is 0 Å². The van der Waals surface area contributed by atoms with E-state index in [2.05, 4.69) is 17.1 Å². The molecular formula is C25H25N3O3. The van der Waals surface area contributed by atoms with Crippen LogP contribution in [0.15, 0.2) is 54.6 Å². The second kappa shape index (κ2) is 6.94. The third-order valence-electron chi connectivity index (χ3n) is 7.86. The minimum Gasteiger partial charge on any atom is -0.356 e. The van der Waals surface area contributed by atoms with Crippen LogP contribution in [0.5, 0.6) is 0 Å². The molecule has 0 radical (unpaired) electrons. The van der Waals surface area contributed by atoms with E-state index >= 15 is 0 Å². The minimum atomic E-state index is -0.617. The van der Waals surface area contributed by atoms with Gasteiger partial charge in [0.1, 0.15) is 0 Å². The molecule has 2 fully saturated rings. The van der Waals surface area contributed by atoms with Gasteiger partial charge in [-0.15, -0.1) is 0 Å². The third-order valence-corrected chi connectivity index (χ3v) is 7.86. The number of fused-ring (bicyclic) bond motifs is 7. The molecule has 3 heterocycles. The van der Waals surface area contributed by atoms with Crippen molar-refractivity contribution in [2.24, 2.45) is 11.8 Å². The lowest BCUT2D eigenvalue weighted by atomic mass is 9.60. The number of aromatic amines is 1. The molecule has 158 valence electrons. The predicted molar refractivity (Wildman–Crippen MR) is 117 cm³/mol. The summed E-state index contributed by atoms with van der Waals surface area (Å²) in [6.45, 7) is 0.687. The molecule has 0 bridgehead atoms. The molecule has 0 unspecified atom stereocenters. The fourth-order valence-electron chi connectivity index (χ4n) is 6.65. The summed E-state index contributed by atoms with van der Waals surface area (Å²) in [5, 5.41) is 13.4. The van der Waals surface area contributed by atoms with E-state index in [1.54, 1.807) is 0 Å². The largest absolute Gasteiger partial charge is 0.356 e. The maximum absolute atomic E-state index is 13.1. The molecule has 3 aromatic rings. The van der Waals surface area contributed by atoms with Crippen LogP contribution in [-0.4, -0.2) is 33.3 Å². The van der Waals surface area contributed by atoms with E-state index in [0.717, 1.165) is 29.6 Å². The molecule has 6 nitrogen and oxygen atoms in total. The van der Waals surface area contributed by atoms with Crippen LogP contribution in [0.3, 0.4) is 0 Å². The van der Waals surface area contributed by atoms with Gasteiger partial charge in [-0.05, 0) is 36.0 Å². The number of H-pyrrole nitrogens is 1. The molecule has 6 rings (SSSR count). The molecule has 0 spiro atoms. The van der Waals surface area contributed by atoms with Gasteiger partial charge in [0.25, 0.3) is 0 Å². The average molecular weight is 415 g/mol. The van der Waals surface area contributed by atoms with Crippen molar-refractivity contribution in [3.63, 3.8) is 0 Å².